The smallest absolute Gasteiger partial charge is 0.276 e. The molecule has 0 saturated heterocycles. The predicted octanol–water partition coefficient (Wildman–Crippen LogP) is 3.26. The maximum absolute atomic E-state index is 12.7. The number of carbonyl (C=O) groups is 1. The third-order valence-electron chi connectivity index (χ3n) is 2.73. The number of amides is 1. The second-order valence-corrected chi connectivity index (χ2v) is 5.32. The van der Waals surface area contributed by atoms with Gasteiger partial charge in [0, 0.05) is 4.47 Å². The Morgan fingerprint density at radius 3 is 2.36 bits per heavy atom. The van der Waals surface area contributed by atoms with Crippen molar-refractivity contribution >= 4 is 27.5 Å². The van der Waals surface area contributed by atoms with Gasteiger partial charge in [-0.3, -0.25) is 15.6 Å². The van der Waals surface area contributed by atoms with E-state index in [4.69, 9.17) is 4.74 Å². The number of benzene rings is 2. The van der Waals surface area contributed by atoms with E-state index in [0.717, 1.165) is 10.0 Å². The molecule has 0 aromatic heterocycles. The van der Waals surface area contributed by atoms with E-state index in [1.807, 2.05) is 24.3 Å². The van der Waals surface area contributed by atoms with Crippen LogP contribution in [-0.4, -0.2) is 12.5 Å². The van der Waals surface area contributed by atoms with Crippen LogP contribution >= 0.6 is 15.9 Å². The summed E-state index contributed by atoms with van der Waals surface area (Å²) in [5.74, 6) is -0.310. The molecule has 2 aromatic rings. The molecule has 0 bridgehead atoms. The second-order valence-electron chi connectivity index (χ2n) is 4.40. The molecule has 0 fully saturated rings. The van der Waals surface area contributed by atoms with Gasteiger partial charge in [0.05, 0.1) is 5.70 Å². The van der Waals surface area contributed by atoms with E-state index >= 15 is 0 Å². The minimum absolute atomic E-state index is 0.188. The van der Waals surface area contributed by atoms with Crippen LogP contribution in [-0.2, 0) is 4.79 Å². The average Bonchev–Trinajstić information content (AvgIpc) is 2.52. The molecular weight excluding hydrogens is 351 g/mol. The topological polar surface area (TPSA) is 50.4 Å². The highest BCUT2D eigenvalue weighted by atomic mass is 79.9. The summed E-state index contributed by atoms with van der Waals surface area (Å²) in [6.07, 6.45) is 0. The maximum atomic E-state index is 12.7. The van der Waals surface area contributed by atoms with E-state index in [9.17, 15) is 9.18 Å². The molecule has 0 aliphatic heterocycles. The van der Waals surface area contributed by atoms with Crippen molar-refractivity contribution in [1.29, 1.82) is 0 Å². The van der Waals surface area contributed by atoms with Gasteiger partial charge in [-0.2, -0.15) is 0 Å². The highest BCUT2D eigenvalue weighted by molar-refractivity contribution is 9.10. The first-order valence-electron chi connectivity index (χ1n) is 6.42. The first-order valence-corrected chi connectivity index (χ1v) is 7.22. The van der Waals surface area contributed by atoms with Gasteiger partial charge in [0.15, 0.2) is 6.61 Å². The van der Waals surface area contributed by atoms with Crippen LogP contribution in [0.2, 0.25) is 0 Å². The number of hydrogen-bond acceptors (Lipinski definition) is 3. The highest BCUT2D eigenvalue weighted by Crippen LogP contribution is 2.14. The van der Waals surface area contributed by atoms with Crippen molar-refractivity contribution in [3.63, 3.8) is 0 Å². The molecule has 2 N–H and O–H groups in total. The molecule has 1 amide bonds. The zero-order valence-corrected chi connectivity index (χ0v) is 13.2. The number of hydrogen-bond donors (Lipinski definition) is 2. The normalized spacial score (nSPS) is 9.91. The van der Waals surface area contributed by atoms with E-state index in [1.54, 1.807) is 0 Å². The van der Waals surface area contributed by atoms with E-state index in [1.165, 1.54) is 24.3 Å². The Labute approximate surface area is 136 Å². The highest BCUT2D eigenvalue weighted by Gasteiger charge is 2.04. The standard InChI is InChI=1S/C16H14BrFN2O2/c1-11(12-2-4-13(17)5-3-12)19-20-16(21)10-22-15-8-6-14(18)7-9-15/h2-9,19H,1,10H2,(H,20,21). The van der Waals surface area contributed by atoms with E-state index in [0.29, 0.717) is 11.4 Å². The Balaban J connectivity index is 1.76. The summed E-state index contributed by atoms with van der Waals surface area (Å²) >= 11 is 3.34. The predicted molar refractivity (Wildman–Crippen MR) is 86.3 cm³/mol. The lowest BCUT2D eigenvalue weighted by Crippen LogP contribution is -2.38. The third-order valence-corrected chi connectivity index (χ3v) is 3.26. The Hall–Kier alpha value is -2.34. The van der Waals surface area contributed by atoms with Crippen molar-refractivity contribution in [2.75, 3.05) is 6.61 Å². The fourth-order valence-electron chi connectivity index (χ4n) is 1.58. The molecule has 114 valence electrons. The van der Waals surface area contributed by atoms with Crippen LogP contribution in [0, 0.1) is 5.82 Å². The Bertz CT molecular complexity index is 657. The van der Waals surface area contributed by atoms with Crippen molar-refractivity contribution in [1.82, 2.24) is 10.9 Å². The van der Waals surface area contributed by atoms with Crippen LogP contribution in [0.3, 0.4) is 0 Å². The van der Waals surface area contributed by atoms with Gasteiger partial charge >= 0.3 is 0 Å². The van der Waals surface area contributed by atoms with Crippen molar-refractivity contribution in [3.05, 3.63) is 71.0 Å². The molecule has 0 atom stereocenters. The summed E-state index contributed by atoms with van der Waals surface area (Å²) in [5.41, 5.74) is 6.60. The van der Waals surface area contributed by atoms with Crippen LogP contribution in [0.15, 0.2) is 59.6 Å². The molecule has 0 aliphatic carbocycles. The molecule has 0 heterocycles. The van der Waals surface area contributed by atoms with E-state index < -0.39 is 0 Å². The summed E-state index contributed by atoms with van der Waals surface area (Å²) in [6, 6.07) is 12.9. The molecule has 4 nitrogen and oxygen atoms in total. The molecule has 2 aromatic carbocycles. The monoisotopic (exact) mass is 364 g/mol. The maximum Gasteiger partial charge on any atom is 0.276 e. The quantitative estimate of drug-likeness (QED) is 0.773. The zero-order chi connectivity index (χ0) is 15.9. The fourth-order valence-corrected chi connectivity index (χ4v) is 1.85. The first-order chi connectivity index (χ1) is 10.5. The number of nitrogens with one attached hydrogen (secondary N) is 2. The lowest BCUT2D eigenvalue weighted by atomic mass is 10.2. The number of ether oxygens (including phenoxy) is 1. The van der Waals surface area contributed by atoms with E-state index in [-0.39, 0.29) is 18.3 Å². The van der Waals surface area contributed by atoms with Gasteiger partial charge < -0.3 is 4.74 Å². The second kappa shape index (κ2) is 7.61. The third kappa shape index (κ3) is 4.89. The molecular formula is C16H14BrFN2O2. The minimum atomic E-state index is -0.373. The van der Waals surface area contributed by atoms with Crippen LogP contribution in [0.4, 0.5) is 4.39 Å². The average molecular weight is 365 g/mol. The van der Waals surface area contributed by atoms with Gasteiger partial charge in [0.25, 0.3) is 5.91 Å². The lowest BCUT2D eigenvalue weighted by molar-refractivity contribution is -0.123. The van der Waals surface area contributed by atoms with Crippen LogP contribution < -0.4 is 15.6 Å². The Morgan fingerprint density at radius 2 is 1.73 bits per heavy atom. The van der Waals surface area contributed by atoms with Gasteiger partial charge in [-0.1, -0.05) is 34.6 Å². The molecule has 0 radical (unpaired) electrons. The molecule has 0 aliphatic rings. The van der Waals surface area contributed by atoms with Crippen molar-refractivity contribution in [3.8, 4) is 5.75 Å². The van der Waals surface area contributed by atoms with Gasteiger partial charge in [-0.15, -0.1) is 0 Å². The Kier molecular flexibility index (Phi) is 5.55. The van der Waals surface area contributed by atoms with Crippen molar-refractivity contribution in [2.24, 2.45) is 0 Å². The summed E-state index contributed by atoms with van der Waals surface area (Å²) in [4.78, 5) is 11.7. The molecule has 0 saturated carbocycles. The summed E-state index contributed by atoms with van der Waals surface area (Å²) in [7, 11) is 0. The van der Waals surface area contributed by atoms with Gasteiger partial charge in [-0.25, -0.2) is 4.39 Å². The molecule has 22 heavy (non-hydrogen) atoms. The molecule has 0 unspecified atom stereocenters. The van der Waals surface area contributed by atoms with Crippen molar-refractivity contribution < 1.29 is 13.9 Å². The van der Waals surface area contributed by atoms with Crippen LogP contribution in [0.25, 0.3) is 5.70 Å². The van der Waals surface area contributed by atoms with Gasteiger partial charge in [0.2, 0.25) is 0 Å². The fraction of sp³-hybridized carbons (Fsp3) is 0.0625. The minimum Gasteiger partial charge on any atom is -0.484 e. The Morgan fingerprint density at radius 1 is 1.09 bits per heavy atom. The number of halogens is 2. The lowest BCUT2D eigenvalue weighted by Gasteiger charge is -2.12. The first kappa shape index (κ1) is 16.0. The zero-order valence-electron chi connectivity index (χ0n) is 11.6. The molecule has 0 spiro atoms. The number of carbonyl (C=O) groups excluding carboxylic acids is 1. The number of rotatable bonds is 6. The van der Waals surface area contributed by atoms with Gasteiger partial charge in [0.1, 0.15) is 11.6 Å². The van der Waals surface area contributed by atoms with Gasteiger partial charge in [-0.05, 0) is 42.0 Å². The molecule has 6 heteroatoms. The number of hydrazine groups is 1. The summed E-state index contributed by atoms with van der Waals surface area (Å²) in [5, 5.41) is 0. The van der Waals surface area contributed by atoms with Crippen LogP contribution in [0.1, 0.15) is 5.56 Å². The van der Waals surface area contributed by atoms with Crippen molar-refractivity contribution in [2.45, 2.75) is 0 Å². The largest absolute Gasteiger partial charge is 0.484 e. The van der Waals surface area contributed by atoms with Crippen LogP contribution in [0.5, 0.6) is 5.75 Å². The SMILES string of the molecule is C=C(NNC(=O)COc1ccc(F)cc1)c1ccc(Br)cc1. The summed E-state index contributed by atoms with van der Waals surface area (Å²) < 4.78 is 18.9. The summed E-state index contributed by atoms with van der Waals surface area (Å²) in [6.45, 7) is 3.64. The molecule has 2 rings (SSSR count). The van der Waals surface area contributed by atoms with E-state index in [2.05, 4.69) is 33.4 Å².